The van der Waals surface area contributed by atoms with Gasteiger partial charge in [0.05, 0.1) is 17.2 Å². The van der Waals surface area contributed by atoms with Gasteiger partial charge in [-0.15, -0.1) is 10.2 Å². The molecule has 1 aromatic carbocycles. The second kappa shape index (κ2) is 5.72. The second-order valence-electron chi connectivity index (χ2n) is 6.31. The van der Waals surface area contributed by atoms with Crippen molar-refractivity contribution in [3.8, 4) is 0 Å². The Morgan fingerprint density at radius 3 is 2.61 bits per heavy atom. The topological polar surface area (TPSA) is 68.1 Å². The van der Waals surface area contributed by atoms with Gasteiger partial charge in [-0.2, -0.15) is 0 Å². The number of sulfone groups is 1. The van der Waals surface area contributed by atoms with Gasteiger partial charge in [-0.1, -0.05) is 18.2 Å². The van der Waals surface area contributed by atoms with Gasteiger partial charge in [0.25, 0.3) is 0 Å². The summed E-state index contributed by atoms with van der Waals surface area (Å²) < 4.78 is 26.9. The Hall–Kier alpha value is -1.73. The molecule has 0 bridgehead atoms. The van der Waals surface area contributed by atoms with E-state index < -0.39 is 9.84 Å². The van der Waals surface area contributed by atoms with Crippen LogP contribution in [0.25, 0.3) is 0 Å². The average Bonchev–Trinajstić information content (AvgIpc) is 3.33. The number of hydrogen-bond acceptors (Lipinski definition) is 5. The lowest BCUT2D eigenvalue weighted by Gasteiger charge is -2.27. The highest BCUT2D eigenvalue weighted by atomic mass is 32.2. The van der Waals surface area contributed by atoms with Crippen LogP contribution in [0.5, 0.6) is 0 Å². The molecule has 0 N–H and O–H groups in total. The highest BCUT2D eigenvalue weighted by Crippen LogP contribution is 2.39. The number of nitrogens with zero attached hydrogens (tertiary/aromatic N) is 4. The van der Waals surface area contributed by atoms with Crippen LogP contribution >= 0.6 is 0 Å². The number of hydrogen-bond donors (Lipinski definition) is 0. The maximum absolute atomic E-state index is 12.4. The molecule has 2 aliphatic rings. The first-order valence-corrected chi connectivity index (χ1v) is 9.71. The third-order valence-electron chi connectivity index (χ3n) is 4.58. The molecule has 2 heterocycles. The fourth-order valence-electron chi connectivity index (χ4n) is 3.06. The zero-order valence-electron chi connectivity index (χ0n) is 12.9. The molecule has 4 rings (SSSR count). The molecule has 6 nitrogen and oxygen atoms in total. The maximum atomic E-state index is 12.4. The largest absolute Gasteiger partial charge is 0.312 e. The summed E-state index contributed by atoms with van der Waals surface area (Å²) in [6.07, 6.45) is 2.44. The van der Waals surface area contributed by atoms with Gasteiger partial charge >= 0.3 is 0 Å². The summed E-state index contributed by atoms with van der Waals surface area (Å²) in [6, 6.07) is 8.66. The molecule has 1 aliphatic carbocycles. The van der Waals surface area contributed by atoms with E-state index in [-0.39, 0.29) is 5.75 Å². The van der Waals surface area contributed by atoms with E-state index in [0.29, 0.717) is 23.9 Å². The molecule has 1 aliphatic heterocycles. The molecule has 2 aromatic rings. The standard InChI is InChI=1S/C16H20N4O2S/c21-23(22,14-4-2-1-3-5-14)11-10-19-8-9-20-15(12-19)17-18-16(20)13-6-7-13/h1-5,13H,6-12H2. The molecule has 1 aromatic heterocycles. The molecular weight excluding hydrogens is 312 g/mol. The molecule has 23 heavy (non-hydrogen) atoms. The summed E-state index contributed by atoms with van der Waals surface area (Å²) in [5.41, 5.74) is 0. The second-order valence-corrected chi connectivity index (χ2v) is 8.42. The predicted molar refractivity (Wildman–Crippen MR) is 85.8 cm³/mol. The molecule has 0 radical (unpaired) electrons. The summed E-state index contributed by atoms with van der Waals surface area (Å²) >= 11 is 0. The van der Waals surface area contributed by atoms with Crippen molar-refractivity contribution in [2.75, 3.05) is 18.8 Å². The van der Waals surface area contributed by atoms with Gasteiger partial charge in [0.2, 0.25) is 0 Å². The Morgan fingerprint density at radius 1 is 1.09 bits per heavy atom. The number of fused-ring (bicyclic) bond motifs is 1. The highest BCUT2D eigenvalue weighted by molar-refractivity contribution is 7.91. The van der Waals surface area contributed by atoms with Crippen molar-refractivity contribution in [3.05, 3.63) is 42.0 Å². The Labute approximate surface area is 136 Å². The van der Waals surface area contributed by atoms with E-state index in [1.807, 2.05) is 6.07 Å². The lowest BCUT2D eigenvalue weighted by atomic mass is 10.3. The molecule has 0 unspecified atom stereocenters. The number of benzene rings is 1. The van der Waals surface area contributed by atoms with Crippen molar-refractivity contribution in [2.24, 2.45) is 0 Å². The van der Waals surface area contributed by atoms with Crippen LogP contribution in [0.1, 0.15) is 30.4 Å². The molecule has 0 spiro atoms. The minimum atomic E-state index is -3.22. The minimum absolute atomic E-state index is 0.140. The lowest BCUT2D eigenvalue weighted by molar-refractivity contribution is 0.227. The summed E-state index contributed by atoms with van der Waals surface area (Å²) in [5, 5.41) is 8.61. The summed E-state index contributed by atoms with van der Waals surface area (Å²) in [6.45, 7) is 2.93. The molecule has 0 atom stereocenters. The van der Waals surface area contributed by atoms with Crippen molar-refractivity contribution < 1.29 is 8.42 Å². The van der Waals surface area contributed by atoms with E-state index in [4.69, 9.17) is 0 Å². The van der Waals surface area contributed by atoms with Gasteiger partial charge in [0.1, 0.15) is 11.6 Å². The Morgan fingerprint density at radius 2 is 1.87 bits per heavy atom. The Balaban J connectivity index is 1.41. The van der Waals surface area contributed by atoms with Crippen LogP contribution in [0.3, 0.4) is 0 Å². The molecule has 122 valence electrons. The van der Waals surface area contributed by atoms with Crippen LogP contribution < -0.4 is 0 Å². The van der Waals surface area contributed by atoms with Crippen LogP contribution in [0.2, 0.25) is 0 Å². The monoisotopic (exact) mass is 332 g/mol. The van der Waals surface area contributed by atoms with Gasteiger partial charge < -0.3 is 4.57 Å². The van der Waals surface area contributed by atoms with Crippen LogP contribution in [-0.2, 0) is 22.9 Å². The number of rotatable bonds is 5. The highest BCUT2D eigenvalue weighted by Gasteiger charge is 2.32. The van der Waals surface area contributed by atoms with E-state index >= 15 is 0 Å². The fraction of sp³-hybridized carbons (Fsp3) is 0.500. The number of aromatic nitrogens is 3. The quantitative estimate of drug-likeness (QED) is 0.829. The summed E-state index contributed by atoms with van der Waals surface area (Å²) in [7, 11) is -3.22. The molecule has 1 fully saturated rings. The Bertz CT molecular complexity index is 797. The predicted octanol–water partition coefficient (Wildman–Crippen LogP) is 1.44. The fourth-order valence-corrected chi connectivity index (χ4v) is 4.37. The first kappa shape index (κ1) is 14.8. The van der Waals surface area contributed by atoms with Crippen LogP contribution in [-0.4, -0.2) is 46.9 Å². The van der Waals surface area contributed by atoms with E-state index in [0.717, 1.165) is 24.7 Å². The SMILES string of the molecule is O=S(=O)(CCN1CCn2c(nnc2C2CC2)C1)c1ccccc1. The zero-order chi connectivity index (χ0) is 15.9. The van der Waals surface area contributed by atoms with Gasteiger partial charge in [0, 0.05) is 25.6 Å². The van der Waals surface area contributed by atoms with Crippen molar-refractivity contribution in [2.45, 2.75) is 36.7 Å². The van der Waals surface area contributed by atoms with Gasteiger partial charge in [-0.05, 0) is 25.0 Å². The molecule has 7 heteroatoms. The normalized spacial score (nSPS) is 18.8. The molecular formula is C16H20N4O2S. The molecule has 0 saturated heterocycles. The van der Waals surface area contributed by atoms with E-state index in [2.05, 4.69) is 19.7 Å². The van der Waals surface area contributed by atoms with Crippen LogP contribution in [0.4, 0.5) is 0 Å². The van der Waals surface area contributed by atoms with Gasteiger partial charge in [-0.25, -0.2) is 8.42 Å². The van der Waals surface area contributed by atoms with Gasteiger partial charge in [0.15, 0.2) is 9.84 Å². The minimum Gasteiger partial charge on any atom is -0.312 e. The van der Waals surface area contributed by atoms with E-state index in [9.17, 15) is 8.42 Å². The third-order valence-corrected chi connectivity index (χ3v) is 6.29. The first-order valence-electron chi connectivity index (χ1n) is 8.05. The zero-order valence-corrected chi connectivity index (χ0v) is 13.7. The molecule has 1 saturated carbocycles. The molecule has 0 amide bonds. The van der Waals surface area contributed by atoms with Crippen molar-refractivity contribution in [3.63, 3.8) is 0 Å². The van der Waals surface area contributed by atoms with E-state index in [1.165, 1.54) is 12.8 Å². The first-order chi connectivity index (χ1) is 11.1. The van der Waals surface area contributed by atoms with Crippen molar-refractivity contribution in [1.82, 2.24) is 19.7 Å². The lowest BCUT2D eigenvalue weighted by Crippen LogP contribution is -2.37. The van der Waals surface area contributed by atoms with Crippen LogP contribution in [0.15, 0.2) is 35.2 Å². The van der Waals surface area contributed by atoms with Crippen molar-refractivity contribution in [1.29, 1.82) is 0 Å². The van der Waals surface area contributed by atoms with Gasteiger partial charge in [-0.3, -0.25) is 4.90 Å². The Kier molecular flexibility index (Phi) is 3.69. The summed E-state index contributed by atoms with van der Waals surface area (Å²) in [4.78, 5) is 2.55. The third kappa shape index (κ3) is 3.03. The maximum Gasteiger partial charge on any atom is 0.179 e. The van der Waals surface area contributed by atoms with E-state index in [1.54, 1.807) is 24.3 Å². The smallest absolute Gasteiger partial charge is 0.179 e. The average molecular weight is 332 g/mol. The van der Waals surface area contributed by atoms with Crippen molar-refractivity contribution >= 4 is 9.84 Å². The summed E-state index contributed by atoms with van der Waals surface area (Å²) in [5.74, 6) is 2.83. The van der Waals surface area contributed by atoms with Crippen LogP contribution in [0, 0.1) is 0 Å².